The third-order valence-electron chi connectivity index (χ3n) is 8.60. The van der Waals surface area contributed by atoms with Crippen LogP contribution in [0.5, 0.6) is 5.75 Å². The maximum atomic E-state index is 13.9. The number of carbonyl (C=O) groups is 2. The molecule has 0 bridgehead atoms. The highest BCUT2D eigenvalue weighted by Gasteiger charge is 2.41. The van der Waals surface area contributed by atoms with Crippen LogP contribution in [0.15, 0.2) is 41.0 Å². The number of likely N-dealkylation sites (tertiary alicyclic amines) is 1. The largest absolute Gasteiger partial charge is 0.573 e. The van der Waals surface area contributed by atoms with E-state index in [1.165, 1.54) is 12.1 Å². The molecule has 3 heterocycles. The maximum Gasteiger partial charge on any atom is 0.573 e. The molecule has 0 radical (unpaired) electrons. The van der Waals surface area contributed by atoms with Crippen molar-refractivity contribution >= 4 is 27.9 Å². The molecule has 4 rings (SSSR count). The smallest absolute Gasteiger partial charge is 0.444 e. The van der Waals surface area contributed by atoms with E-state index in [2.05, 4.69) is 46.3 Å². The summed E-state index contributed by atoms with van der Waals surface area (Å²) >= 11 is 3.49. The fraction of sp³-hybridized carbons (Fsp3) is 0.618. The van der Waals surface area contributed by atoms with E-state index in [-0.39, 0.29) is 41.2 Å². The molecule has 0 aliphatic carbocycles. The van der Waals surface area contributed by atoms with E-state index in [0.29, 0.717) is 39.1 Å². The SMILES string of the molecule is Cc1cc(Br)cnc1C(c1ccc(OC(F)(F)F)cc1)N1CCN(C(=O)CC2CCN(C(=O)OC(C)(C)C)CC2)C(C(C)(C)C)C1. The summed E-state index contributed by atoms with van der Waals surface area (Å²) in [6, 6.07) is 7.50. The molecular weight excluding hydrogens is 665 g/mol. The Bertz CT molecular complexity index is 1370. The molecule has 8 nitrogen and oxygen atoms in total. The van der Waals surface area contributed by atoms with Crippen molar-refractivity contribution < 1.29 is 32.2 Å². The first kappa shape index (κ1) is 36.0. The average molecular weight is 712 g/mol. The zero-order valence-electron chi connectivity index (χ0n) is 27.8. The van der Waals surface area contributed by atoms with E-state index in [9.17, 15) is 22.8 Å². The molecule has 0 saturated carbocycles. The van der Waals surface area contributed by atoms with Crippen LogP contribution in [0.2, 0.25) is 0 Å². The Hall–Kier alpha value is -2.86. The van der Waals surface area contributed by atoms with Crippen molar-refractivity contribution in [1.82, 2.24) is 19.7 Å². The van der Waals surface area contributed by atoms with Gasteiger partial charge in [0, 0.05) is 55.9 Å². The highest BCUT2D eigenvalue weighted by atomic mass is 79.9. The van der Waals surface area contributed by atoms with Gasteiger partial charge in [-0.2, -0.15) is 0 Å². The predicted octanol–water partition coefficient (Wildman–Crippen LogP) is 7.74. The third kappa shape index (κ3) is 9.59. The minimum atomic E-state index is -4.78. The summed E-state index contributed by atoms with van der Waals surface area (Å²) in [6.07, 6.45) is -1.44. The number of amides is 2. The number of aromatic nitrogens is 1. The summed E-state index contributed by atoms with van der Waals surface area (Å²) in [5.74, 6) is 0.0125. The zero-order valence-corrected chi connectivity index (χ0v) is 29.4. The van der Waals surface area contributed by atoms with Gasteiger partial charge in [0.25, 0.3) is 0 Å². The molecule has 2 aliphatic heterocycles. The van der Waals surface area contributed by atoms with Crippen LogP contribution in [0.3, 0.4) is 0 Å². The number of ether oxygens (including phenoxy) is 2. The van der Waals surface area contributed by atoms with Gasteiger partial charge in [-0.3, -0.25) is 14.7 Å². The maximum absolute atomic E-state index is 13.9. The van der Waals surface area contributed by atoms with Crippen molar-refractivity contribution in [2.45, 2.75) is 91.8 Å². The second kappa shape index (κ2) is 14.1. The summed E-state index contributed by atoms with van der Waals surface area (Å²) in [5, 5.41) is 0. The molecule has 2 saturated heterocycles. The van der Waals surface area contributed by atoms with Crippen LogP contribution >= 0.6 is 15.9 Å². The fourth-order valence-corrected chi connectivity index (χ4v) is 6.77. The Labute approximate surface area is 278 Å². The molecule has 12 heteroatoms. The summed E-state index contributed by atoms with van der Waals surface area (Å²) in [4.78, 5) is 37.1. The molecule has 2 amide bonds. The Morgan fingerprint density at radius 3 is 2.17 bits per heavy atom. The number of benzene rings is 1. The van der Waals surface area contributed by atoms with Crippen molar-refractivity contribution in [3.8, 4) is 5.75 Å². The lowest BCUT2D eigenvalue weighted by atomic mass is 9.82. The summed E-state index contributed by atoms with van der Waals surface area (Å²) in [7, 11) is 0. The molecular formula is C34H46BrF3N4O4. The number of carbonyl (C=O) groups excluding carboxylic acids is 2. The van der Waals surface area contributed by atoms with Crippen LogP contribution < -0.4 is 4.74 Å². The minimum absolute atomic E-state index is 0.110. The molecule has 2 aliphatic rings. The summed E-state index contributed by atoms with van der Waals surface area (Å²) in [6.45, 7) is 16.7. The highest BCUT2D eigenvalue weighted by molar-refractivity contribution is 9.10. The molecule has 1 aromatic carbocycles. The van der Waals surface area contributed by atoms with Crippen LogP contribution in [-0.2, 0) is 9.53 Å². The van der Waals surface area contributed by atoms with E-state index < -0.39 is 12.0 Å². The van der Waals surface area contributed by atoms with Crippen LogP contribution in [0.25, 0.3) is 0 Å². The first-order valence-electron chi connectivity index (χ1n) is 15.8. The van der Waals surface area contributed by atoms with Crippen molar-refractivity contribution in [2.75, 3.05) is 32.7 Å². The zero-order chi connectivity index (χ0) is 34.0. The average Bonchev–Trinajstić information content (AvgIpc) is 2.93. The van der Waals surface area contributed by atoms with E-state index in [1.54, 1.807) is 23.2 Å². The minimum Gasteiger partial charge on any atom is -0.444 e. The normalized spacial score (nSPS) is 19.6. The summed E-state index contributed by atoms with van der Waals surface area (Å²) in [5.41, 5.74) is 1.74. The quantitative estimate of drug-likeness (QED) is 0.306. The van der Waals surface area contributed by atoms with Gasteiger partial charge in [0.05, 0.1) is 11.7 Å². The van der Waals surface area contributed by atoms with E-state index in [4.69, 9.17) is 9.72 Å². The Morgan fingerprint density at radius 2 is 1.63 bits per heavy atom. The number of rotatable bonds is 6. The molecule has 46 heavy (non-hydrogen) atoms. The van der Waals surface area contributed by atoms with Crippen LogP contribution in [0.1, 0.15) is 83.7 Å². The highest BCUT2D eigenvalue weighted by Crippen LogP contribution is 2.37. The van der Waals surface area contributed by atoms with Crippen molar-refractivity contribution in [2.24, 2.45) is 11.3 Å². The molecule has 0 N–H and O–H groups in total. The number of hydrogen-bond acceptors (Lipinski definition) is 6. The lowest BCUT2D eigenvalue weighted by molar-refractivity contribution is -0.274. The second-order valence-electron chi connectivity index (χ2n) is 14.5. The fourth-order valence-electron chi connectivity index (χ4n) is 6.32. The van der Waals surface area contributed by atoms with Crippen LogP contribution in [-0.4, -0.2) is 82.4 Å². The monoisotopic (exact) mass is 710 g/mol. The summed E-state index contributed by atoms with van der Waals surface area (Å²) < 4.78 is 49.0. The lowest BCUT2D eigenvalue weighted by Crippen LogP contribution is -2.60. The number of nitrogens with zero attached hydrogens (tertiary/aromatic N) is 4. The van der Waals surface area contributed by atoms with E-state index >= 15 is 0 Å². The topological polar surface area (TPSA) is 75.2 Å². The van der Waals surface area contributed by atoms with Crippen molar-refractivity contribution in [3.05, 3.63) is 57.8 Å². The number of piperidine rings is 1. The van der Waals surface area contributed by atoms with Gasteiger partial charge in [-0.1, -0.05) is 32.9 Å². The molecule has 2 aromatic rings. The number of piperazine rings is 1. The first-order chi connectivity index (χ1) is 21.3. The van der Waals surface area contributed by atoms with E-state index in [0.717, 1.165) is 34.1 Å². The van der Waals surface area contributed by atoms with Gasteiger partial charge in [0.15, 0.2) is 0 Å². The van der Waals surface area contributed by atoms with Gasteiger partial charge in [-0.05, 0) is 97.1 Å². The molecule has 2 fully saturated rings. The lowest BCUT2D eigenvalue weighted by Gasteiger charge is -2.49. The Balaban J connectivity index is 1.51. The Kier molecular flexibility index (Phi) is 11.0. The van der Waals surface area contributed by atoms with Crippen molar-refractivity contribution in [3.63, 3.8) is 0 Å². The number of alkyl halides is 3. The predicted molar refractivity (Wildman–Crippen MR) is 173 cm³/mol. The van der Waals surface area contributed by atoms with Gasteiger partial charge in [-0.25, -0.2) is 4.79 Å². The number of halogens is 4. The van der Waals surface area contributed by atoms with Crippen LogP contribution in [0, 0.1) is 18.3 Å². The molecule has 2 atom stereocenters. The molecule has 2 unspecified atom stereocenters. The van der Waals surface area contributed by atoms with Gasteiger partial charge in [-0.15, -0.1) is 13.2 Å². The Morgan fingerprint density at radius 1 is 1.00 bits per heavy atom. The number of pyridine rings is 1. The third-order valence-corrected chi connectivity index (χ3v) is 9.03. The molecule has 1 aromatic heterocycles. The van der Waals surface area contributed by atoms with Gasteiger partial charge in [0.1, 0.15) is 11.4 Å². The van der Waals surface area contributed by atoms with Gasteiger partial charge >= 0.3 is 12.5 Å². The standard InChI is InChI=1S/C34H46BrF3N4O4/c1-22-18-25(35)20-39-29(22)30(24-8-10-26(11-9-24)45-34(36,37)38)41-16-17-42(27(21-41)32(2,3)4)28(43)19-23-12-14-40(15-13-23)31(44)46-33(5,6)7/h8-11,18,20,23,27,30H,12-17,19,21H2,1-7H3. The van der Waals surface area contributed by atoms with Gasteiger partial charge in [0.2, 0.25) is 5.91 Å². The first-order valence-corrected chi connectivity index (χ1v) is 16.6. The van der Waals surface area contributed by atoms with Crippen molar-refractivity contribution in [1.29, 1.82) is 0 Å². The number of hydrogen-bond donors (Lipinski definition) is 0. The molecule has 254 valence electrons. The second-order valence-corrected chi connectivity index (χ2v) is 15.4. The van der Waals surface area contributed by atoms with Crippen LogP contribution in [0.4, 0.5) is 18.0 Å². The number of aryl methyl sites for hydroxylation is 1. The van der Waals surface area contributed by atoms with Gasteiger partial charge < -0.3 is 19.3 Å². The molecule has 0 spiro atoms. The van der Waals surface area contributed by atoms with E-state index in [1.807, 2.05) is 38.7 Å².